The van der Waals surface area contributed by atoms with Gasteiger partial charge >= 0.3 is 5.97 Å². The van der Waals surface area contributed by atoms with Gasteiger partial charge in [-0.15, -0.1) is 0 Å². The molecular formula is C14H12N2O4. The van der Waals surface area contributed by atoms with E-state index in [-0.39, 0.29) is 11.6 Å². The van der Waals surface area contributed by atoms with E-state index in [0.29, 0.717) is 18.7 Å². The molecule has 2 heterocycles. The largest absolute Gasteiger partial charge is 0.476 e. The minimum atomic E-state index is -1.13. The maximum absolute atomic E-state index is 11.6. The van der Waals surface area contributed by atoms with Gasteiger partial charge in [0, 0.05) is 30.8 Å². The third kappa shape index (κ3) is 1.85. The van der Waals surface area contributed by atoms with Crippen molar-refractivity contribution in [1.29, 1.82) is 0 Å². The van der Waals surface area contributed by atoms with Gasteiger partial charge in [0.1, 0.15) is 0 Å². The van der Waals surface area contributed by atoms with Crippen LogP contribution < -0.4 is 4.90 Å². The fourth-order valence-electron chi connectivity index (χ4n) is 2.50. The Bertz CT molecular complexity index is 705. The van der Waals surface area contributed by atoms with Gasteiger partial charge in [0.25, 0.3) is 0 Å². The summed E-state index contributed by atoms with van der Waals surface area (Å²) in [4.78, 5) is 24.1. The van der Waals surface area contributed by atoms with Crippen LogP contribution in [-0.2, 0) is 11.2 Å². The predicted molar refractivity (Wildman–Crippen MR) is 70.6 cm³/mol. The Morgan fingerprint density at radius 3 is 2.85 bits per heavy atom. The van der Waals surface area contributed by atoms with E-state index in [0.717, 1.165) is 16.8 Å². The van der Waals surface area contributed by atoms with Gasteiger partial charge in [-0.05, 0) is 18.1 Å². The van der Waals surface area contributed by atoms with Gasteiger partial charge in [0.15, 0.2) is 11.5 Å². The van der Waals surface area contributed by atoms with E-state index < -0.39 is 5.97 Å². The van der Waals surface area contributed by atoms with Crippen molar-refractivity contribution in [3.05, 3.63) is 35.5 Å². The van der Waals surface area contributed by atoms with Crippen molar-refractivity contribution in [2.24, 2.45) is 0 Å². The predicted octanol–water partition coefficient (Wildman–Crippen LogP) is 1.95. The number of aromatic carboxylic acids is 1. The minimum absolute atomic E-state index is 0.00954. The minimum Gasteiger partial charge on any atom is -0.476 e. The van der Waals surface area contributed by atoms with Crippen molar-refractivity contribution in [3.8, 4) is 11.3 Å². The van der Waals surface area contributed by atoms with Gasteiger partial charge < -0.3 is 14.5 Å². The molecule has 0 saturated carbocycles. The highest BCUT2D eigenvalue weighted by atomic mass is 16.5. The van der Waals surface area contributed by atoms with Crippen LogP contribution >= 0.6 is 0 Å². The molecule has 0 bridgehead atoms. The molecule has 1 aliphatic heterocycles. The molecule has 1 aliphatic rings. The molecule has 20 heavy (non-hydrogen) atoms. The Morgan fingerprint density at radius 1 is 1.40 bits per heavy atom. The summed E-state index contributed by atoms with van der Waals surface area (Å²) in [5.74, 6) is -0.729. The number of amides is 1. The van der Waals surface area contributed by atoms with E-state index in [9.17, 15) is 9.59 Å². The second-order valence-corrected chi connectivity index (χ2v) is 4.61. The molecule has 3 rings (SSSR count). The zero-order valence-corrected chi connectivity index (χ0v) is 10.8. The van der Waals surface area contributed by atoms with Gasteiger partial charge in [-0.3, -0.25) is 4.79 Å². The van der Waals surface area contributed by atoms with E-state index >= 15 is 0 Å². The van der Waals surface area contributed by atoms with Crippen LogP contribution in [0.5, 0.6) is 0 Å². The second-order valence-electron chi connectivity index (χ2n) is 4.61. The lowest BCUT2D eigenvalue weighted by Gasteiger charge is -2.14. The third-order valence-electron chi connectivity index (χ3n) is 3.40. The number of hydrogen-bond donors (Lipinski definition) is 1. The highest BCUT2D eigenvalue weighted by Crippen LogP contribution is 2.36. The number of carboxylic acid groups (broad SMARTS) is 1. The first-order chi connectivity index (χ1) is 9.58. The van der Waals surface area contributed by atoms with Gasteiger partial charge in [0.2, 0.25) is 5.91 Å². The van der Waals surface area contributed by atoms with Crippen LogP contribution in [0.15, 0.2) is 28.8 Å². The maximum atomic E-state index is 11.6. The monoisotopic (exact) mass is 272 g/mol. The fourth-order valence-corrected chi connectivity index (χ4v) is 2.50. The summed E-state index contributed by atoms with van der Waals surface area (Å²) < 4.78 is 5.10. The Balaban J connectivity index is 2.07. The molecule has 6 heteroatoms. The molecule has 0 atom stereocenters. The summed E-state index contributed by atoms with van der Waals surface area (Å²) in [7, 11) is 0. The Labute approximate surface area is 114 Å². The smallest absolute Gasteiger partial charge is 0.358 e. The van der Waals surface area contributed by atoms with E-state index in [4.69, 9.17) is 9.63 Å². The first-order valence-corrected chi connectivity index (χ1v) is 6.18. The molecule has 1 amide bonds. The number of anilines is 1. The van der Waals surface area contributed by atoms with Crippen LogP contribution in [0.4, 0.5) is 5.69 Å². The van der Waals surface area contributed by atoms with Gasteiger partial charge in [-0.1, -0.05) is 17.3 Å². The van der Waals surface area contributed by atoms with Crippen LogP contribution in [0.2, 0.25) is 0 Å². The molecule has 0 radical (unpaired) electrons. The van der Waals surface area contributed by atoms with E-state index in [2.05, 4.69) is 5.16 Å². The van der Waals surface area contributed by atoms with Crippen LogP contribution in [0.3, 0.4) is 0 Å². The van der Waals surface area contributed by atoms with Gasteiger partial charge in [-0.2, -0.15) is 0 Å². The first kappa shape index (κ1) is 12.4. The van der Waals surface area contributed by atoms with Crippen molar-refractivity contribution in [2.75, 3.05) is 11.4 Å². The number of carbonyl (C=O) groups is 2. The molecule has 2 aromatic rings. The Kier molecular flexibility index (Phi) is 2.78. The molecule has 1 aromatic carbocycles. The van der Waals surface area contributed by atoms with Crippen LogP contribution in [0.25, 0.3) is 11.3 Å². The summed E-state index contributed by atoms with van der Waals surface area (Å²) in [5.41, 5.74) is 2.49. The van der Waals surface area contributed by atoms with Gasteiger partial charge in [0.05, 0.1) is 0 Å². The lowest BCUT2D eigenvalue weighted by atomic mass is 10.0. The first-order valence-electron chi connectivity index (χ1n) is 6.18. The molecule has 0 spiro atoms. The maximum Gasteiger partial charge on any atom is 0.358 e. The summed E-state index contributed by atoms with van der Waals surface area (Å²) in [5, 5.41) is 12.4. The number of fused-ring (bicyclic) bond motifs is 1. The highest BCUT2D eigenvalue weighted by Gasteiger charge is 2.26. The number of benzene rings is 1. The van der Waals surface area contributed by atoms with Crippen molar-refractivity contribution < 1.29 is 19.2 Å². The lowest BCUT2D eigenvalue weighted by Crippen LogP contribution is -2.25. The lowest BCUT2D eigenvalue weighted by molar-refractivity contribution is -0.116. The molecule has 6 nitrogen and oxygen atoms in total. The second kappa shape index (κ2) is 4.48. The van der Waals surface area contributed by atoms with Crippen LogP contribution in [0.1, 0.15) is 23.0 Å². The van der Waals surface area contributed by atoms with E-state index in [1.807, 2.05) is 18.2 Å². The van der Waals surface area contributed by atoms with Gasteiger partial charge in [-0.25, -0.2) is 4.79 Å². The van der Waals surface area contributed by atoms with Crippen molar-refractivity contribution >= 4 is 17.6 Å². The number of carboxylic acids is 1. The Hall–Kier alpha value is -2.63. The number of carbonyl (C=O) groups excluding carboxylic acids is 1. The number of hydrogen-bond acceptors (Lipinski definition) is 4. The van der Waals surface area contributed by atoms with E-state index in [1.54, 1.807) is 4.90 Å². The zero-order valence-electron chi connectivity index (χ0n) is 10.8. The normalized spacial score (nSPS) is 13.3. The zero-order chi connectivity index (χ0) is 14.3. The molecule has 0 saturated heterocycles. The quantitative estimate of drug-likeness (QED) is 0.903. The summed E-state index contributed by atoms with van der Waals surface area (Å²) >= 11 is 0. The molecule has 0 unspecified atom stereocenters. The van der Waals surface area contributed by atoms with Crippen molar-refractivity contribution in [2.45, 2.75) is 13.3 Å². The molecule has 1 aromatic heterocycles. The molecule has 0 aliphatic carbocycles. The topological polar surface area (TPSA) is 83.6 Å². The molecule has 0 fully saturated rings. The SMILES string of the molecule is CC(=O)N1CCc2c(-c3cc(C(=O)O)no3)cccc21. The molecular weight excluding hydrogens is 260 g/mol. The van der Waals surface area contributed by atoms with Crippen molar-refractivity contribution in [1.82, 2.24) is 5.16 Å². The highest BCUT2D eigenvalue weighted by molar-refractivity contribution is 5.95. The number of nitrogens with zero attached hydrogens (tertiary/aromatic N) is 2. The standard InChI is InChI=1S/C14H12N2O4/c1-8(17)16-6-5-9-10(3-2-4-12(9)16)13-7-11(14(18)19)15-20-13/h2-4,7H,5-6H2,1H3,(H,18,19). The number of aromatic nitrogens is 1. The average molecular weight is 272 g/mol. The van der Waals surface area contributed by atoms with Crippen LogP contribution in [0, 0.1) is 0 Å². The average Bonchev–Trinajstić information content (AvgIpc) is 3.05. The van der Waals surface area contributed by atoms with Crippen molar-refractivity contribution in [3.63, 3.8) is 0 Å². The Morgan fingerprint density at radius 2 is 2.20 bits per heavy atom. The van der Waals surface area contributed by atoms with E-state index in [1.165, 1.54) is 13.0 Å². The molecule has 102 valence electrons. The third-order valence-corrected chi connectivity index (χ3v) is 3.40. The summed E-state index contributed by atoms with van der Waals surface area (Å²) in [6, 6.07) is 6.93. The number of rotatable bonds is 2. The summed E-state index contributed by atoms with van der Waals surface area (Å²) in [6.45, 7) is 2.15. The molecule has 1 N–H and O–H groups in total. The fraction of sp³-hybridized carbons (Fsp3) is 0.214. The summed E-state index contributed by atoms with van der Waals surface area (Å²) in [6.07, 6.45) is 0.716. The van der Waals surface area contributed by atoms with Crippen LogP contribution in [-0.4, -0.2) is 28.7 Å².